The fourth-order valence-corrected chi connectivity index (χ4v) is 8.49. The van der Waals surface area contributed by atoms with E-state index >= 15 is 0 Å². The molecule has 6 rings (SSSR count). The molecule has 0 radical (unpaired) electrons. The Labute approximate surface area is 241 Å². The minimum atomic E-state index is -3.79. The van der Waals surface area contributed by atoms with Crippen LogP contribution in [0.1, 0.15) is 31.2 Å². The minimum absolute atomic E-state index is 0.126. The van der Waals surface area contributed by atoms with Crippen molar-refractivity contribution in [3.8, 4) is 0 Å². The lowest BCUT2D eigenvalue weighted by Crippen LogP contribution is -2.37. The van der Waals surface area contributed by atoms with E-state index in [9.17, 15) is 13.2 Å². The van der Waals surface area contributed by atoms with Gasteiger partial charge in [-0.15, -0.1) is 0 Å². The van der Waals surface area contributed by atoms with Gasteiger partial charge in [0, 0.05) is 36.9 Å². The van der Waals surface area contributed by atoms with E-state index in [2.05, 4.69) is 34.9 Å². The fraction of sp³-hybridized carbons (Fsp3) is 0.423. The summed E-state index contributed by atoms with van der Waals surface area (Å²) in [7, 11) is -1.77. The van der Waals surface area contributed by atoms with Crippen molar-refractivity contribution >= 4 is 61.3 Å². The number of hydrogen-bond donors (Lipinski definition) is 2. The van der Waals surface area contributed by atoms with Crippen LogP contribution in [-0.4, -0.2) is 63.1 Å². The number of carbonyl (C=O) groups excluding carboxylic acids is 1. The number of benzene rings is 1. The Kier molecular flexibility index (Phi) is 7.17. The number of nitrogens with one attached hydrogen (secondary N) is 2. The molecule has 4 aromatic rings. The summed E-state index contributed by atoms with van der Waals surface area (Å²) in [5.74, 6) is 1.74. The molecule has 3 heterocycles. The van der Waals surface area contributed by atoms with Gasteiger partial charge < -0.3 is 10.2 Å². The maximum Gasteiger partial charge on any atom is 0.321 e. The third kappa shape index (κ3) is 5.03. The van der Waals surface area contributed by atoms with Gasteiger partial charge in [-0.3, -0.25) is 5.32 Å². The molecule has 2 fully saturated rings. The summed E-state index contributed by atoms with van der Waals surface area (Å²) in [6, 6.07) is 8.74. The molecule has 11 nitrogen and oxygen atoms in total. The molecular weight excluding hydrogens is 569 g/mol. The second-order valence-electron chi connectivity index (χ2n) is 10.5. The number of nitrogens with zero attached hydrogens (tertiary/aromatic N) is 6. The molecule has 0 spiro atoms. The first-order chi connectivity index (χ1) is 19.2. The molecule has 14 heteroatoms. The first kappa shape index (κ1) is 27.0. The standard InChI is InChI=1S/C26H30N8O3S3/c1-15-4-6-20(7-5-15)40(36,37)34-9-8-21-22(27-14-28-23(21)34)33(2)19-12-16-10-18(11-17(16)13-19)29-24(35)30-25-31-26(38-3)32-39-25/h4-9,14,16-19H,10-13H2,1-3H3,(H2,29,30,31,32,35)/t16-,17?,18-,19-/m1/s1. The molecule has 1 unspecified atom stereocenters. The molecule has 0 bridgehead atoms. The van der Waals surface area contributed by atoms with E-state index in [0.29, 0.717) is 33.2 Å². The van der Waals surface area contributed by atoms with E-state index in [1.165, 1.54) is 33.6 Å². The summed E-state index contributed by atoms with van der Waals surface area (Å²) in [5, 5.41) is 7.75. The Balaban J connectivity index is 1.12. The van der Waals surface area contributed by atoms with Gasteiger partial charge >= 0.3 is 6.03 Å². The van der Waals surface area contributed by atoms with Crippen LogP contribution < -0.4 is 15.5 Å². The van der Waals surface area contributed by atoms with Gasteiger partial charge in [0.2, 0.25) is 10.3 Å². The SMILES string of the molecule is CSc1nsc(NC(=O)N[C@H]2CC3C[C@H](N(C)c4ncnc5c4ccn5S(=O)(=O)c4ccc(C)cc4)C[C@H]3C2)n1. The molecule has 210 valence electrons. The Morgan fingerprint density at radius 2 is 1.82 bits per heavy atom. The average Bonchev–Trinajstić information content (AvgIpc) is 3.71. The maximum absolute atomic E-state index is 13.4. The summed E-state index contributed by atoms with van der Waals surface area (Å²) in [6.45, 7) is 1.92. The average molecular weight is 599 g/mol. The van der Waals surface area contributed by atoms with Crippen LogP contribution in [0.15, 0.2) is 52.9 Å². The molecule has 2 aliphatic rings. The predicted octanol–water partition coefficient (Wildman–Crippen LogP) is 4.37. The van der Waals surface area contributed by atoms with Crippen molar-refractivity contribution in [1.82, 2.24) is 28.6 Å². The van der Waals surface area contributed by atoms with Crippen molar-refractivity contribution in [2.45, 2.75) is 54.7 Å². The Bertz CT molecular complexity index is 1640. The van der Waals surface area contributed by atoms with E-state index in [4.69, 9.17) is 0 Å². The van der Waals surface area contributed by atoms with Crippen LogP contribution in [0.3, 0.4) is 0 Å². The first-order valence-corrected chi connectivity index (χ1v) is 16.5. The van der Waals surface area contributed by atoms with Crippen LogP contribution in [0.2, 0.25) is 0 Å². The van der Waals surface area contributed by atoms with E-state index in [0.717, 1.165) is 37.1 Å². The van der Waals surface area contributed by atoms with Crippen LogP contribution >= 0.6 is 23.3 Å². The zero-order valence-corrected chi connectivity index (χ0v) is 24.8. The van der Waals surface area contributed by atoms with E-state index < -0.39 is 10.0 Å². The molecule has 40 heavy (non-hydrogen) atoms. The number of thioether (sulfide) groups is 1. The fourth-order valence-electron chi connectivity index (χ4n) is 6.07. The highest BCUT2D eigenvalue weighted by Gasteiger charge is 2.43. The summed E-state index contributed by atoms with van der Waals surface area (Å²) < 4.78 is 32.1. The third-order valence-electron chi connectivity index (χ3n) is 8.02. The van der Waals surface area contributed by atoms with Crippen molar-refractivity contribution < 1.29 is 13.2 Å². The second kappa shape index (κ2) is 10.6. The highest BCUT2D eigenvalue weighted by molar-refractivity contribution is 7.98. The van der Waals surface area contributed by atoms with Gasteiger partial charge in [0.25, 0.3) is 10.0 Å². The van der Waals surface area contributed by atoms with Gasteiger partial charge in [0.05, 0.1) is 10.3 Å². The molecule has 0 aliphatic heterocycles. The largest absolute Gasteiger partial charge is 0.356 e. The normalized spacial score (nSPS) is 22.4. The molecule has 4 atom stereocenters. The molecule has 3 aromatic heterocycles. The number of aryl methyl sites for hydroxylation is 1. The predicted molar refractivity (Wildman–Crippen MR) is 157 cm³/mol. The van der Waals surface area contributed by atoms with Gasteiger partial charge in [-0.2, -0.15) is 9.36 Å². The number of amides is 2. The highest BCUT2D eigenvalue weighted by atomic mass is 32.2. The van der Waals surface area contributed by atoms with Gasteiger partial charge in [0.1, 0.15) is 12.1 Å². The summed E-state index contributed by atoms with van der Waals surface area (Å²) >= 11 is 2.62. The van der Waals surface area contributed by atoms with Crippen molar-refractivity contribution in [2.75, 3.05) is 23.5 Å². The first-order valence-electron chi connectivity index (χ1n) is 13.0. The Hall–Kier alpha value is -3.23. The molecule has 2 saturated carbocycles. The maximum atomic E-state index is 13.4. The lowest BCUT2D eigenvalue weighted by Gasteiger charge is -2.27. The Morgan fingerprint density at radius 3 is 2.50 bits per heavy atom. The Morgan fingerprint density at radius 1 is 1.10 bits per heavy atom. The number of urea groups is 1. The third-order valence-corrected chi connectivity index (χ3v) is 11.0. The number of hydrogen-bond acceptors (Lipinski definition) is 10. The van der Waals surface area contributed by atoms with Crippen LogP contribution in [0, 0.1) is 18.8 Å². The van der Waals surface area contributed by atoms with Crippen LogP contribution in [0.4, 0.5) is 15.7 Å². The molecular formula is C26H30N8O3S3. The van der Waals surface area contributed by atoms with E-state index in [-0.39, 0.29) is 23.0 Å². The molecule has 1 aromatic carbocycles. The number of carbonyl (C=O) groups is 1. The van der Waals surface area contributed by atoms with E-state index in [1.54, 1.807) is 36.5 Å². The lowest BCUT2D eigenvalue weighted by atomic mass is 10.0. The van der Waals surface area contributed by atoms with Gasteiger partial charge in [0.15, 0.2) is 5.65 Å². The number of anilines is 2. The number of rotatable bonds is 7. The summed E-state index contributed by atoms with van der Waals surface area (Å²) in [6.07, 6.45) is 8.72. The van der Waals surface area contributed by atoms with Gasteiger partial charge in [-0.25, -0.2) is 27.2 Å². The van der Waals surface area contributed by atoms with Gasteiger partial charge in [-0.05, 0) is 68.9 Å². The smallest absolute Gasteiger partial charge is 0.321 e. The quantitative estimate of drug-likeness (QED) is 0.297. The monoisotopic (exact) mass is 598 g/mol. The zero-order valence-electron chi connectivity index (χ0n) is 22.3. The summed E-state index contributed by atoms with van der Waals surface area (Å²) in [4.78, 5) is 28.0. The van der Waals surface area contributed by atoms with Crippen LogP contribution in [0.25, 0.3) is 11.0 Å². The second-order valence-corrected chi connectivity index (χ2v) is 13.8. The minimum Gasteiger partial charge on any atom is -0.356 e. The van der Waals surface area contributed by atoms with Crippen molar-refractivity contribution in [2.24, 2.45) is 11.8 Å². The van der Waals surface area contributed by atoms with E-state index in [1.807, 2.05) is 20.2 Å². The van der Waals surface area contributed by atoms with Crippen LogP contribution in [0.5, 0.6) is 0 Å². The zero-order chi connectivity index (χ0) is 28.0. The number of fused-ring (bicyclic) bond motifs is 2. The lowest BCUT2D eigenvalue weighted by molar-refractivity contribution is 0.248. The number of aromatic nitrogens is 5. The molecule has 2 N–H and O–H groups in total. The topological polar surface area (TPSA) is 135 Å². The van der Waals surface area contributed by atoms with Gasteiger partial charge in [-0.1, -0.05) is 29.5 Å². The molecule has 2 amide bonds. The molecule has 0 saturated heterocycles. The molecule has 2 aliphatic carbocycles. The van der Waals surface area contributed by atoms with Crippen molar-refractivity contribution in [3.63, 3.8) is 0 Å². The van der Waals surface area contributed by atoms with Crippen molar-refractivity contribution in [1.29, 1.82) is 0 Å². The van der Waals surface area contributed by atoms with Crippen LogP contribution in [-0.2, 0) is 10.0 Å². The highest BCUT2D eigenvalue weighted by Crippen LogP contribution is 2.46. The van der Waals surface area contributed by atoms with Crippen molar-refractivity contribution in [3.05, 3.63) is 48.4 Å². The summed E-state index contributed by atoms with van der Waals surface area (Å²) in [5.41, 5.74) is 1.36.